The molecule has 1 aromatic rings. The molecule has 26 heavy (non-hydrogen) atoms. The van der Waals surface area contributed by atoms with Crippen LogP contribution >= 0.6 is 0 Å². The Hall–Kier alpha value is -1.44. The van der Waals surface area contributed by atoms with Crippen LogP contribution in [0.15, 0.2) is 23.1 Å². The molecule has 2 aliphatic heterocycles. The smallest absolute Gasteiger partial charge is 0.240 e. The molecule has 0 bridgehead atoms. The predicted octanol–water partition coefficient (Wildman–Crippen LogP) is 1.57. The Balaban J connectivity index is 1.50. The molecule has 2 N–H and O–H groups in total. The number of amides is 1. The third kappa shape index (κ3) is 4.27. The minimum atomic E-state index is -3.59. The van der Waals surface area contributed by atoms with Gasteiger partial charge in [-0.15, -0.1) is 0 Å². The minimum Gasteiger partial charge on any atom is -0.343 e. The average molecular weight is 380 g/mol. The second-order valence-corrected chi connectivity index (χ2v) is 9.46. The normalized spacial score (nSPS) is 19.8. The molecule has 1 amide bonds. The molecule has 1 aromatic carbocycles. The highest BCUT2D eigenvalue weighted by Crippen LogP contribution is 2.36. The summed E-state index contributed by atoms with van der Waals surface area (Å²) in [7, 11) is -3.59. The molecule has 0 radical (unpaired) electrons. The van der Waals surface area contributed by atoms with E-state index in [1.54, 1.807) is 19.1 Å². The molecule has 0 aromatic heterocycles. The van der Waals surface area contributed by atoms with Crippen LogP contribution in [0.5, 0.6) is 0 Å². The molecule has 7 heteroatoms. The molecule has 1 spiro atoms. The van der Waals surface area contributed by atoms with Gasteiger partial charge in [-0.25, -0.2) is 13.1 Å². The van der Waals surface area contributed by atoms with Gasteiger partial charge in [0, 0.05) is 32.6 Å². The molecular formula is C19H29N3O3S. The molecule has 0 atom stereocenters. The van der Waals surface area contributed by atoms with E-state index < -0.39 is 10.0 Å². The van der Waals surface area contributed by atoms with Gasteiger partial charge in [0.05, 0.1) is 4.90 Å². The van der Waals surface area contributed by atoms with E-state index in [9.17, 15) is 13.2 Å². The molecule has 2 heterocycles. The first-order valence-electron chi connectivity index (χ1n) is 9.37. The summed E-state index contributed by atoms with van der Waals surface area (Å²) >= 11 is 0. The second-order valence-electron chi connectivity index (χ2n) is 7.72. The van der Waals surface area contributed by atoms with Gasteiger partial charge in [0.1, 0.15) is 0 Å². The fraction of sp³-hybridized carbons (Fsp3) is 0.632. The van der Waals surface area contributed by atoms with Crippen LogP contribution in [0.3, 0.4) is 0 Å². The van der Waals surface area contributed by atoms with Crippen LogP contribution < -0.4 is 10.0 Å². The van der Waals surface area contributed by atoms with Crippen LogP contribution in [-0.2, 0) is 14.8 Å². The van der Waals surface area contributed by atoms with E-state index in [4.69, 9.17) is 0 Å². The molecular weight excluding hydrogens is 350 g/mol. The molecule has 0 saturated carbocycles. The Labute approximate surface area is 156 Å². The summed E-state index contributed by atoms with van der Waals surface area (Å²) in [6, 6.07) is 5.36. The SMILES string of the molecule is Cc1ccc(C)c(S(=O)(=O)NCCC(=O)N2CCC3(CCNC3)CC2)c1. The first-order valence-corrected chi connectivity index (χ1v) is 10.9. The summed E-state index contributed by atoms with van der Waals surface area (Å²) in [5.41, 5.74) is 1.98. The number of aryl methyl sites for hydroxylation is 2. The zero-order valence-corrected chi connectivity index (χ0v) is 16.5. The fourth-order valence-corrected chi connectivity index (χ4v) is 5.34. The summed E-state index contributed by atoms with van der Waals surface area (Å²) in [6.45, 7) is 7.48. The second kappa shape index (κ2) is 7.66. The van der Waals surface area contributed by atoms with Gasteiger partial charge in [0.25, 0.3) is 0 Å². The van der Waals surface area contributed by atoms with Crippen LogP contribution in [0.25, 0.3) is 0 Å². The van der Waals surface area contributed by atoms with Crippen LogP contribution in [0.2, 0.25) is 0 Å². The summed E-state index contributed by atoms with van der Waals surface area (Å²) in [5, 5.41) is 3.42. The quantitative estimate of drug-likeness (QED) is 0.814. The largest absolute Gasteiger partial charge is 0.343 e. The Morgan fingerprint density at radius 1 is 1.23 bits per heavy atom. The lowest BCUT2D eigenvalue weighted by atomic mass is 9.78. The topological polar surface area (TPSA) is 78.5 Å². The van der Waals surface area contributed by atoms with Gasteiger partial charge in [-0.05, 0) is 62.3 Å². The van der Waals surface area contributed by atoms with E-state index in [1.807, 2.05) is 17.9 Å². The van der Waals surface area contributed by atoms with Crippen LogP contribution in [0, 0.1) is 19.3 Å². The number of nitrogens with zero attached hydrogens (tertiary/aromatic N) is 1. The molecule has 2 aliphatic rings. The summed E-state index contributed by atoms with van der Waals surface area (Å²) in [6.07, 6.45) is 3.49. The van der Waals surface area contributed by atoms with Gasteiger partial charge in [-0.2, -0.15) is 0 Å². The zero-order valence-electron chi connectivity index (χ0n) is 15.7. The molecule has 0 aliphatic carbocycles. The number of hydrogen-bond acceptors (Lipinski definition) is 4. The van der Waals surface area contributed by atoms with Gasteiger partial charge >= 0.3 is 0 Å². The van der Waals surface area contributed by atoms with Crippen molar-refractivity contribution in [1.82, 2.24) is 14.9 Å². The van der Waals surface area contributed by atoms with Crippen molar-refractivity contribution in [3.8, 4) is 0 Å². The molecule has 6 nitrogen and oxygen atoms in total. The lowest BCUT2D eigenvalue weighted by molar-refractivity contribution is -0.133. The Bertz CT molecular complexity index is 760. The molecule has 2 fully saturated rings. The van der Waals surface area contributed by atoms with Crippen molar-refractivity contribution in [3.63, 3.8) is 0 Å². The minimum absolute atomic E-state index is 0.0365. The third-order valence-corrected chi connectivity index (χ3v) is 7.38. The van der Waals surface area contributed by atoms with Crippen molar-refractivity contribution >= 4 is 15.9 Å². The Morgan fingerprint density at radius 3 is 2.62 bits per heavy atom. The molecule has 144 valence electrons. The van der Waals surface area contributed by atoms with E-state index in [1.165, 1.54) is 6.42 Å². The number of rotatable bonds is 5. The van der Waals surface area contributed by atoms with E-state index in [0.29, 0.717) is 15.9 Å². The lowest BCUT2D eigenvalue weighted by Crippen LogP contribution is -2.44. The van der Waals surface area contributed by atoms with Crippen LogP contribution in [0.4, 0.5) is 0 Å². The van der Waals surface area contributed by atoms with Crippen molar-refractivity contribution in [1.29, 1.82) is 0 Å². The fourth-order valence-electron chi connectivity index (χ4n) is 3.98. The highest BCUT2D eigenvalue weighted by atomic mass is 32.2. The highest BCUT2D eigenvalue weighted by molar-refractivity contribution is 7.89. The average Bonchev–Trinajstić information content (AvgIpc) is 3.05. The van der Waals surface area contributed by atoms with Crippen molar-refractivity contribution in [2.75, 3.05) is 32.7 Å². The van der Waals surface area contributed by atoms with Gasteiger partial charge in [0.2, 0.25) is 15.9 Å². The number of carbonyl (C=O) groups excluding carboxylic acids is 1. The summed E-state index contributed by atoms with van der Waals surface area (Å²) in [5.74, 6) is 0.0365. The first kappa shape index (κ1) is 19.3. The van der Waals surface area contributed by atoms with Crippen molar-refractivity contribution in [2.45, 2.75) is 44.4 Å². The standard InChI is InChI=1S/C19H29N3O3S/c1-15-3-4-16(2)17(13-15)26(24,25)21-9-5-18(23)22-11-7-19(8-12-22)6-10-20-14-19/h3-4,13,20-21H,5-12,14H2,1-2H3. The maximum absolute atomic E-state index is 12.5. The molecule has 2 saturated heterocycles. The maximum Gasteiger partial charge on any atom is 0.240 e. The molecule has 0 unspecified atom stereocenters. The Morgan fingerprint density at radius 2 is 1.96 bits per heavy atom. The number of nitrogens with one attached hydrogen (secondary N) is 2. The number of piperidine rings is 1. The molecule has 3 rings (SSSR count). The van der Waals surface area contributed by atoms with E-state index in [-0.39, 0.29) is 18.9 Å². The zero-order chi connectivity index (χ0) is 18.8. The maximum atomic E-state index is 12.5. The number of sulfonamides is 1. The van der Waals surface area contributed by atoms with Crippen molar-refractivity contribution in [2.24, 2.45) is 5.41 Å². The van der Waals surface area contributed by atoms with Crippen LogP contribution in [-0.4, -0.2) is 51.9 Å². The van der Waals surface area contributed by atoms with Crippen LogP contribution in [0.1, 0.15) is 36.8 Å². The van der Waals surface area contributed by atoms with Crippen molar-refractivity contribution in [3.05, 3.63) is 29.3 Å². The predicted molar refractivity (Wildman–Crippen MR) is 101 cm³/mol. The van der Waals surface area contributed by atoms with E-state index >= 15 is 0 Å². The van der Waals surface area contributed by atoms with E-state index in [0.717, 1.165) is 44.6 Å². The summed E-state index contributed by atoms with van der Waals surface area (Å²) in [4.78, 5) is 14.6. The van der Waals surface area contributed by atoms with Gasteiger partial charge in [-0.1, -0.05) is 12.1 Å². The van der Waals surface area contributed by atoms with Gasteiger partial charge in [0.15, 0.2) is 0 Å². The first-order chi connectivity index (χ1) is 12.3. The number of benzene rings is 1. The third-order valence-electron chi connectivity index (χ3n) is 5.77. The Kier molecular flexibility index (Phi) is 5.69. The van der Waals surface area contributed by atoms with Crippen molar-refractivity contribution < 1.29 is 13.2 Å². The number of hydrogen-bond donors (Lipinski definition) is 2. The summed E-state index contributed by atoms with van der Waals surface area (Å²) < 4.78 is 27.6. The van der Waals surface area contributed by atoms with Gasteiger partial charge in [-0.3, -0.25) is 4.79 Å². The highest BCUT2D eigenvalue weighted by Gasteiger charge is 2.37. The monoisotopic (exact) mass is 379 g/mol. The number of carbonyl (C=O) groups is 1. The van der Waals surface area contributed by atoms with Gasteiger partial charge < -0.3 is 10.2 Å². The number of likely N-dealkylation sites (tertiary alicyclic amines) is 1. The lowest BCUT2D eigenvalue weighted by Gasteiger charge is -2.39. The van der Waals surface area contributed by atoms with E-state index in [2.05, 4.69) is 10.0 Å².